The van der Waals surface area contributed by atoms with Crippen molar-refractivity contribution >= 4 is 5.91 Å². The van der Waals surface area contributed by atoms with Crippen LogP contribution in [-0.2, 0) is 9.53 Å². The van der Waals surface area contributed by atoms with Gasteiger partial charge < -0.3 is 15.0 Å². The number of amides is 1. The van der Waals surface area contributed by atoms with E-state index in [0.29, 0.717) is 6.54 Å². The molecule has 1 amide bonds. The first-order valence-corrected chi connectivity index (χ1v) is 5.91. The maximum absolute atomic E-state index is 13.4. The molecule has 0 unspecified atom stereocenters. The minimum Gasteiger partial charge on any atom is -0.383 e. The van der Waals surface area contributed by atoms with Gasteiger partial charge in [-0.05, 0) is 13.0 Å². The highest BCUT2D eigenvalue weighted by atomic mass is 19.3. The van der Waals surface area contributed by atoms with Crippen LogP contribution in [0.2, 0.25) is 0 Å². The lowest BCUT2D eigenvalue weighted by atomic mass is 10.1. The largest absolute Gasteiger partial charge is 0.383 e. The number of nitrogens with one attached hydrogen (secondary N) is 1. The summed E-state index contributed by atoms with van der Waals surface area (Å²) in [7, 11) is 1.47. The highest BCUT2D eigenvalue weighted by Crippen LogP contribution is 2.33. The van der Waals surface area contributed by atoms with E-state index in [4.69, 9.17) is 4.74 Å². The van der Waals surface area contributed by atoms with Crippen LogP contribution in [0.25, 0.3) is 0 Å². The summed E-state index contributed by atoms with van der Waals surface area (Å²) in [6.07, 6.45) is 0.452. The quantitative estimate of drug-likeness (QED) is 0.790. The van der Waals surface area contributed by atoms with Crippen molar-refractivity contribution in [3.8, 4) is 0 Å². The lowest BCUT2D eigenvalue weighted by Crippen LogP contribution is -2.42. The minimum atomic E-state index is -2.77. The van der Waals surface area contributed by atoms with Gasteiger partial charge in [0.15, 0.2) is 0 Å². The van der Waals surface area contributed by atoms with Crippen LogP contribution < -0.4 is 5.32 Å². The molecule has 2 heterocycles. The van der Waals surface area contributed by atoms with Crippen molar-refractivity contribution in [2.24, 2.45) is 5.92 Å². The van der Waals surface area contributed by atoms with Gasteiger partial charge in [0, 0.05) is 20.1 Å². The molecule has 0 aliphatic carbocycles. The lowest BCUT2D eigenvalue weighted by Gasteiger charge is -2.25. The topological polar surface area (TPSA) is 41.6 Å². The van der Waals surface area contributed by atoms with Crippen molar-refractivity contribution in [1.29, 1.82) is 0 Å². The van der Waals surface area contributed by atoms with Crippen LogP contribution in [0.15, 0.2) is 0 Å². The highest BCUT2D eigenvalue weighted by molar-refractivity contribution is 5.80. The molecule has 0 bridgehead atoms. The third-order valence-electron chi connectivity index (χ3n) is 3.43. The Labute approximate surface area is 99.3 Å². The standard InChI is InChI=1S/C11H18F2N2O2/c1-17-6-9-4-11(12,13)7-15(9)10(16)8-2-3-14-5-8/h8-9,14H,2-7H2,1H3/t8-,9+/m1/s1. The van der Waals surface area contributed by atoms with Gasteiger partial charge in [-0.25, -0.2) is 8.78 Å². The van der Waals surface area contributed by atoms with Gasteiger partial charge in [-0.15, -0.1) is 0 Å². The molecule has 0 aromatic carbocycles. The molecule has 0 aromatic rings. The van der Waals surface area contributed by atoms with Crippen LogP contribution >= 0.6 is 0 Å². The summed E-state index contributed by atoms with van der Waals surface area (Å²) in [6, 6.07) is -0.483. The average Bonchev–Trinajstić information content (AvgIpc) is 2.85. The molecule has 2 aliphatic heterocycles. The van der Waals surface area contributed by atoms with Crippen LogP contribution in [0.1, 0.15) is 12.8 Å². The SMILES string of the molecule is COC[C@@H]1CC(F)(F)CN1C(=O)[C@@H]1CCNC1. The second-order valence-corrected chi connectivity index (χ2v) is 4.83. The zero-order valence-corrected chi connectivity index (χ0v) is 9.92. The molecule has 4 nitrogen and oxygen atoms in total. The number of ether oxygens (including phenoxy) is 1. The molecule has 17 heavy (non-hydrogen) atoms. The molecule has 0 radical (unpaired) electrons. The van der Waals surface area contributed by atoms with Crippen LogP contribution in [0, 0.1) is 5.92 Å². The predicted molar refractivity (Wildman–Crippen MR) is 57.9 cm³/mol. The maximum atomic E-state index is 13.4. The monoisotopic (exact) mass is 248 g/mol. The van der Waals surface area contributed by atoms with E-state index in [1.54, 1.807) is 0 Å². The fourth-order valence-corrected chi connectivity index (χ4v) is 2.60. The first kappa shape index (κ1) is 12.7. The highest BCUT2D eigenvalue weighted by Gasteiger charge is 2.48. The first-order valence-electron chi connectivity index (χ1n) is 5.91. The van der Waals surface area contributed by atoms with Crippen LogP contribution in [0.3, 0.4) is 0 Å². The molecule has 98 valence electrons. The average molecular weight is 248 g/mol. The van der Waals surface area contributed by atoms with Gasteiger partial charge in [-0.2, -0.15) is 0 Å². The molecule has 2 aliphatic rings. The summed E-state index contributed by atoms with van der Waals surface area (Å²) in [6.45, 7) is 1.11. The van der Waals surface area contributed by atoms with Gasteiger partial charge in [0.05, 0.1) is 25.1 Å². The van der Waals surface area contributed by atoms with Crippen LogP contribution in [-0.4, -0.2) is 56.1 Å². The van der Waals surface area contributed by atoms with E-state index in [1.807, 2.05) is 0 Å². The summed E-state index contributed by atoms with van der Waals surface area (Å²) in [4.78, 5) is 13.4. The number of hydrogen-bond donors (Lipinski definition) is 1. The van der Waals surface area contributed by atoms with Gasteiger partial charge in [-0.1, -0.05) is 0 Å². The smallest absolute Gasteiger partial charge is 0.267 e. The van der Waals surface area contributed by atoms with Crippen molar-refractivity contribution in [2.45, 2.75) is 24.8 Å². The van der Waals surface area contributed by atoms with Crippen LogP contribution in [0.4, 0.5) is 8.78 Å². The number of halogens is 2. The van der Waals surface area contributed by atoms with E-state index in [1.165, 1.54) is 12.0 Å². The Morgan fingerprint density at radius 3 is 2.94 bits per heavy atom. The van der Waals surface area contributed by atoms with Crippen molar-refractivity contribution in [2.75, 3.05) is 33.4 Å². The molecule has 2 atom stereocenters. The van der Waals surface area contributed by atoms with Crippen LogP contribution in [0.5, 0.6) is 0 Å². The second-order valence-electron chi connectivity index (χ2n) is 4.83. The molecule has 2 saturated heterocycles. The summed E-state index contributed by atoms with van der Waals surface area (Å²) >= 11 is 0. The number of hydrogen-bond acceptors (Lipinski definition) is 3. The van der Waals surface area contributed by atoms with E-state index in [2.05, 4.69) is 5.32 Å². The Hall–Kier alpha value is -0.750. The number of carbonyl (C=O) groups is 1. The normalized spacial score (nSPS) is 32.1. The number of nitrogens with zero attached hydrogens (tertiary/aromatic N) is 1. The number of rotatable bonds is 3. The Bertz CT molecular complexity index is 293. The number of carbonyl (C=O) groups excluding carboxylic acids is 1. The van der Waals surface area contributed by atoms with Crippen molar-refractivity contribution in [1.82, 2.24) is 10.2 Å². The molecule has 0 aromatic heterocycles. The van der Waals surface area contributed by atoms with Gasteiger partial charge in [0.25, 0.3) is 5.92 Å². The minimum absolute atomic E-state index is 0.150. The van der Waals surface area contributed by atoms with E-state index < -0.39 is 18.5 Å². The van der Waals surface area contributed by atoms with Gasteiger partial charge in [0.1, 0.15) is 0 Å². The fraction of sp³-hybridized carbons (Fsp3) is 0.909. The first-order chi connectivity index (χ1) is 8.03. The maximum Gasteiger partial charge on any atom is 0.267 e. The zero-order chi connectivity index (χ0) is 12.5. The third-order valence-corrected chi connectivity index (χ3v) is 3.43. The molecular weight excluding hydrogens is 230 g/mol. The third kappa shape index (κ3) is 2.74. The van der Waals surface area contributed by atoms with E-state index >= 15 is 0 Å². The molecular formula is C11H18F2N2O2. The molecule has 1 N–H and O–H groups in total. The Morgan fingerprint density at radius 2 is 2.35 bits per heavy atom. The Kier molecular flexibility index (Phi) is 3.63. The van der Waals surface area contributed by atoms with Gasteiger partial charge in [-0.3, -0.25) is 4.79 Å². The molecule has 2 fully saturated rings. The molecule has 0 saturated carbocycles. The Balaban J connectivity index is 2.03. The summed E-state index contributed by atoms with van der Waals surface area (Å²) in [5, 5.41) is 3.08. The van der Waals surface area contributed by atoms with E-state index in [-0.39, 0.29) is 24.9 Å². The number of alkyl halides is 2. The predicted octanol–water partition coefficient (Wildman–Crippen LogP) is 0.479. The van der Waals surface area contributed by atoms with Crippen molar-refractivity contribution in [3.05, 3.63) is 0 Å². The van der Waals surface area contributed by atoms with E-state index in [0.717, 1.165) is 13.0 Å². The second kappa shape index (κ2) is 4.86. The summed E-state index contributed by atoms with van der Waals surface area (Å²) in [5.41, 5.74) is 0. The summed E-state index contributed by atoms with van der Waals surface area (Å²) in [5.74, 6) is -3.08. The van der Waals surface area contributed by atoms with Gasteiger partial charge >= 0.3 is 0 Å². The lowest BCUT2D eigenvalue weighted by molar-refractivity contribution is -0.137. The van der Waals surface area contributed by atoms with Gasteiger partial charge in [0.2, 0.25) is 5.91 Å². The Morgan fingerprint density at radius 1 is 1.59 bits per heavy atom. The molecule has 2 rings (SSSR count). The fourth-order valence-electron chi connectivity index (χ4n) is 2.60. The zero-order valence-electron chi connectivity index (χ0n) is 9.92. The van der Waals surface area contributed by atoms with Crippen molar-refractivity contribution < 1.29 is 18.3 Å². The van der Waals surface area contributed by atoms with Crippen molar-refractivity contribution in [3.63, 3.8) is 0 Å². The number of methoxy groups -OCH3 is 1. The number of likely N-dealkylation sites (tertiary alicyclic amines) is 1. The molecule has 6 heteroatoms. The van der Waals surface area contributed by atoms with E-state index in [9.17, 15) is 13.6 Å². The summed E-state index contributed by atoms with van der Waals surface area (Å²) < 4.78 is 31.6. The molecule has 0 spiro atoms.